The first-order valence-electron chi connectivity index (χ1n) is 22.7. The summed E-state index contributed by atoms with van der Waals surface area (Å²) in [6.45, 7) is 10.5. The zero-order valence-corrected chi connectivity index (χ0v) is 34.8. The average molecular weight is 728 g/mol. The summed E-state index contributed by atoms with van der Waals surface area (Å²) in [5.41, 5.74) is 1.36. The van der Waals surface area contributed by atoms with Crippen molar-refractivity contribution in [3.05, 3.63) is 35.9 Å². The highest BCUT2D eigenvalue weighted by Crippen LogP contribution is 2.19. The fourth-order valence-corrected chi connectivity index (χ4v) is 7.16. The van der Waals surface area contributed by atoms with E-state index >= 15 is 0 Å². The van der Waals surface area contributed by atoms with Crippen LogP contribution in [-0.2, 0) is 25.6 Å². The molecule has 0 aromatic heterocycles. The van der Waals surface area contributed by atoms with Crippen LogP contribution in [-0.4, -0.2) is 42.6 Å². The first kappa shape index (κ1) is 48.1. The van der Waals surface area contributed by atoms with Crippen molar-refractivity contribution in [3.63, 3.8) is 0 Å². The molecule has 0 spiro atoms. The van der Waals surface area contributed by atoms with Gasteiger partial charge in [0.2, 0.25) is 0 Å². The van der Waals surface area contributed by atoms with E-state index in [-0.39, 0.29) is 18.0 Å². The molecule has 5 heteroatoms. The molecule has 1 aromatic carbocycles. The molecule has 0 radical (unpaired) electrons. The van der Waals surface area contributed by atoms with Gasteiger partial charge in [-0.15, -0.1) is 0 Å². The van der Waals surface area contributed by atoms with Crippen LogP contribution >= 0.6 is 0 Å². The average Bonchev–Trinajstić information content (AvgIpc) is 3.15. The van der Waals surface area contributed by atoms with Crippen LogP contribution in [0.3, 0.4) is 0 Å². The second kappa shape index (κ2) is 37.4. The summed E-state index contributed by atoms with van der Waals surface area (Å²) in [6, 6.07) is 10.8. The number of nitrogens with zero attached hydrogens (tertiary/aromatic N) is 1. The first-order valence-corrected chi connectivity index (χ1v) is 22.7. The van der Waals surface area contributed by atoms with Crippen LogP contribution in [0.15, 0.2) is 30.3 Å². The van der Waals surface area contributed by atoms with Crippen molar-refractivity contribution >= 4 is 11.9 Å². The molecule has 0 amide bonds. The fourth-order valence-electron chi connectivity index (χ4n) is 7.16. The van der Waals surface area contributed by atoms with Gasteiger partial charge in [-0.2, -0.15) is 0 Å². The summed E-state index contributed by atoms with van der Waals surface area (Å²) < 4.78 is 11.5. The molecule has 0 atom stereocenters. The van der Waals surface area contributed by atoms with Crippen LogP contribution in [0.2, 0.25) is 0 Å². The standard InChI is InChI=1S/C47H85NO4/c1-4-7-10-13-16-22-33-42-51-46(49)38-29-20-17-21-31-40-48(43-44-34-25-23-26-35-44)41-32-24-30-39-47(50)52-45(36-27-18-14-11-8-5-2)37-28-19-15-12-9-6-3/h23,25-26,34-35,45H,4-22,24,27-33,36-43H2,1-3H3. The minimum atomic E-state index is -0.0190. The molecule has 1 rings (SSSR count). The van der Waals surface area contributed by atoms with Crippen molar-refractivity contribution in [2.45, 2.75) is 232 Å². The van der Waals surface area contributed by atoms with Gasteiger partial charge in [-0.1, -0.05) is 180 Å². The second-order valence-electron chi connectivity index (χ2n) is 15.7. The Bertz CT molecular complexity index is 890. The van der Waals surface area contributed by atoms with Crippen LogP contribution in [0.1, 0.15) is 225 Å². The smallest absolute Gasteiger partial charge is 0.306 e. The van der Waals surface area contributed by atoms with Gasteiger partial charge >= 0.3 is 11.9 Å². The fraction of sp³-hybridized carbons (Fsp3) is 0.830. The molecular weight excluding hydrogens is 643 g/mol. The molecule has 52 heavy (non-hydrogen) atoms. The predicted octanol–water partition coefficient (Wildman–Crippen LogP) is 14.1. The Hall–Kier alpha value is -1.88. The maximum Gasteiger partial charge on any atom is 0.306 e. The SMILES string of the molecule is CCCCCCCCCOC(=O)CCCCCCCN(CCCCCC(=O)OC(CCCCCCCC)CCCCCCCC)Cc1ccccc1. The Morgan fingerprint density at radius 1 is 0.500 bits per heavy atom. The number of unbranched alkanes of at least 4 members (excludes halogenated alkanes) is 22. The van der Waals surface area contributed by atoms with Crippen LogP contribution in [0.25, 0.3) is 0 Å². The van der Waals surface area contributed by atoms with Gasteiger partial charge in [0.15, 0.2) is 0 Å². The van der Waals surface area contributed by atoms with E-state index in [1.165, 1.54) is 140 Å². The molecule has 5 nitrogen and oxygen atoms in total. The molecule has 0 aliphatic heterocycles. The van der Waals surface area contributed by atoms with E-state index in [9.17, 15) is 9.59 Å². The minimum Gasteiger partial charge on any atom is -0.466 e. The largest absolute Gasteiger partial charge is 0.466 e. The van der Waals surface area contributed by atoms with Crippen LogP contribution in [0.4, 0.5) is 0 Å². The molecule has 0 unspecified atom stereocenters. The first-order chi connectivity index (χ1) is 25.6. The lowest BCUT2D eigenvalue weighted by Gasteiger charge is -2.22. The summed E-state index contributed by atoms with van der Waals surface area (Å²) in [5, 5.41) is 0. The van der Waals surface area contributed by atoms with E-state index in [0.29, 0.717) is 19.4 Å². The Labute approximate surface area is 323 Å². The van der Waals surface area contributed by atoms with Crippen molar-refractivity contribution < 1.29 is 19.1 Å². The Morgan fingerprint density at radius 3 is 1.46 bits per heavy atom. The maximum absolute atomic E-state index is 12.9. The van der Waals surface area contributed by atoms with E-state index in [1.54, 1.807) is 0 Å². The molecule has 1 aromatic rings. The number of ether oxygens (including phenoxy) is 2. The number of rotatable bonds is 39. The van der Waals surface area contributed by atoms with Crippen molar-refractivity contribution in [1.82, 2.24) is 4.90 Å². The Kier molecular flexibility index (Phi) is 34.7. The van der Waals surface area contributed by atoms with E-state index < -0.39 is 0 Å². The van der Waals surface area contributed by atoms with Crippen molar-refractivity contribution in [2.75, 3.05) is 19.7 Å². The number of benzene rings is 1. The molecule has 0 bridgehead atoms. The summed E-state index contributed by atoms with van der Waals surface area (Å²) in [4.78, 5) is 27.6. The quantitative estimate of drug-likeness (QED) is 0.0499. The highest BCUT2D eigenvalue weighted by molar-refractivity contribution is 5.69. The summed E-state index contributed by atoms with van der Waals surface area (Å²) in [6.07, 6.45) is 36.1. The molecule has 0 saturated heterocycles. The number of carbonyl (C=O) groups is 2. The molecule has 0 fully saturated rings. The van der Waals surface area contributed by atoms with Crippen LogP contribution in [0.5, 0.6) is 0 Å². The Balaban J connectivity index is 2.29. The maximum atomic E-state index is 12.9. The lowest BCUT2D eigenvalue weighted by molar-refractivity contribution is -0.150. The molecule has 0 saturated carbocycles. The summed E-state index contributed by atoms with van der Waals surface area (Å²) >= 11 is 0. The minimum absolute atomic E-state index is 0.0181. The van der Waals surface area contributed by atoms with Gasteiger partial charge < -0.3 is 9.47 Å². The third kappa shape index (κ3) is 31.6. The third-order valence-corrected chi connectivity index (χ3v) is 10.5. The van der Waals surface area contributed by atoms with Gasteiger partial charge in [0, 0.05) is 19.4 Å². The predicted molar refractivity (Wildman–Crippen MR) is 223 cm³/mol. The monoisotopic (exact) mass is 728 g/mol. The van der Waals surface area contributed by atoms with Crippen LogP contribution in [0, 0.1) is 0 Å². The third-order valence-electron chi connectivity index (χ3n) is 10.5. The Morgan fingerprint density at radius 2 is 0.923 bits per heavy atom. The molecule has 0 heterocycles. The summed E-state index contributed by atoms with van der Waals surface area (Å²) in [5.74, 6) is -0.000955. The van der Waals surface area contributed by atoms with Gasteiger partial charge in [-0.3, -0.25) is 14.5 Å². The molecule has 302 valence electrons. The number of carbonyl (C=O) groups excluding carboxylic acids is 2. The van der Waals surface area contributed by atoms with Crippen molar-refractivity contribution in [3.8, 4) is 0 Å². The van der Waals surface area contributed by atoms with Gasteiger partial charge in [-0.05, 0) is 76.4 Å². The van der Waals surface area contributed by atoms with E-state index in [4.69, 9.17) is 9.47 Å². The number of hydrogen-bond acceptors (Lipinski definition) is 5. The topological polar surface area (TPSA) is 55.8 Å². The molecule has 0 N–H and O–H groups in total. The second-order valence-corrected chi connectivity index (χ2v) is 15.7. The molecule has 0 aliphatic carbocycles. The number of hydrogen-bond donors (Lipinski definition) is 0. The normalized spacial score (nSPS) is 11.5. The van der Waals surface area contributed by atoms with E-state index in [1.807, 2.05) is 0 Å². The highest BCUT2D eigenvalue weighted by Gasteiger charge is 2.15. The van der Waals surface area contributed by atoms with E-state index in [2.05, 4.69) is 56.0 Å². The van der Waals surface area contributed by atoms with Gasteiger partial charge in [-0.25, -0.2) is 0 Å². The van der Waals surface area contributed by atoms with Crippen molar-refractivity contribution in [2.24, 2.45) is 0 Å². The van der Waals surface area contributed by atoms with Gasteiger partial charge in [0.1, 0.15) is 6.10 Å². The van der Waals surface area contributed by atoms with Gasteiger partial charge in [0.05, 0.1) is 6.61 Å². The molecular formula is C47H85NO4. The molecule has 0 aliphatic rings. The lowest BCUT2D eigenvalue weighted by atomic mass is 10.0. The zero-order chi connectivity index (χ0) is 37.6. The van der Waals surface area contributed by atoms with E-state index in [0.717, 1.165) is 71.0 Å². The lowest BCUT2D eigenvalue weighted by Crippen LogP contribution is -2.25. The number of esters is 2. The highest BCUT2D eigenvalue weighted by atomic mass is 16.5. The van der Waals surface area contributed by atoms with Crippen molar-refractivity contribution in [1.29, 1.82) is 0 Å². The zero-order valence-electron chi connectivity index (χ0n) is 34.8. The van der Waals surface area contributed by atoms with Crippen LogP contribution < -0.4 is 0 Å². The van der Waals surface area contributed by atoms with Gasteiger partial charge in [0.25, 0.3) is 0 Å². The summed E-state index contributed by atoms with van der Waals surface area (Å²) in [7, 11) is 0.